The molecule has 13 aromatic rings. The highest BCUT2D eigenvalue weighted by atomic mass is 16.3. The van der Waals surface area contributed by atoms with Crippen LogP contribution in [-0.2, 0) is 0 Å². The van der Waals surface area contributed by atoms with Crippen molar-refractivity contribution in [3.8, 4) is 44.5 Å². The van der Waals surface area contributed by atoms with E-state index in [0.29, 0.717) is 0 Å². The zero-order valence-corrected chi connectivity index (χ0v) is 28.4. The van der Waals surface area contributed by atoms with Gasteiger partial charge >= 0.3 is 0 Å². The molecule has 0 aliphatic rings. The average Bonchev–Trinajstić information content (AvgIpc) is 0.866. The van der Waals surface area contributed by atoms with Gasteiger partial charge in [-0.1, -0.05) is 157 Å². The molecule has 0 unspecified atom stereocenters. The molecule has 0 bridgehead atoms. The van der Waals surface area contributed by atoms with Crippen LogP contribution < -0.4 is 0 Å². The molecule has 0 N–H and O–H groups in total. The van der Waals surface area contributed by atoms with E-state index in [9.17, 15) is 23.3 Å². The van der Waals surface area contributed by atoms with Gasteiger partial charge in [-0.05, 0) is 145 Å². The second kappa shape index (κ2) is 11.5. The number of hydrogen-bond acceptors (Lipinski definition) is 1. The van der Waals surface area contributed by atoms with Gasteiger partial charge in [-0.3, -0.25) is 0 Å². The molecular formula is C56H32O. The summed E-state index contributed by atoms with van der Waals surface area (Å²) in [6.07, 6.45) is 0. The van der Waals surface area contributed by atoms with Crippen molar-refractivity contribution in [1.82, 2.24) is 0 Å². The van der Waals surface area contributed by atoms with Gasteiger partial charge in [0.05, 0.1) is 43.9 Å². The first-order valence-electron chi connectivity index (χ1n) is 33.2. The highest BCUT2D eigenvalue weighted by Crippen LogP contribution is 2.43. The summed E-state index contributed by atoms with van der Waals surface area (Å²) in [5, 5.41) is -6.72. The molecule has 0 atom stereocenters. The first-order chi connectivity index (χ1) is 41.6. The summed E-state index contributed by atoms with van der Waals surface area (Å²) in [6, 6.07) is -29.4. The molecule has 1 heterocycles. The Morgan fingerprint density at radius 3 is 1.35 bits per heavy atom. The summed E-state index contributed by atoms with van der Waals surface area (Å²) < 4.78 is 302. The van der Waals surface area contributed by atoms with Crippen LogP contribution in [0, 0.1) is 0 Å². The summed E-state index contributed by atoms with van der Waals surface area (Å²) in [7, 11) is 0. The van der Waals surface area contributed by atoms with Crippen molar-refractivity contribution >= 4 is 86.6 Å². The predicted octanol–water partition coefficient (Wildman–Crippen LogP) is 16.0. The third-order valence-electron chi connectivity index (χ3n) is 9.89. The molecule has 0 saturated carbocycles. The summed E-state index contributed by atoms with van der Waals surface area (Å²) in [5.74, 6) is 0. The maximum absolute atomic E-state index is 10.2. The van der Waals surface area contributed by atoms with Crippen molar-refractivity contribution in [2.75, 3.05) is 0 Å². The Bertz CT molecular complexity index is 5550. The van der Waals surface area contributed by atoms with E-state index in [1.165, 1.54) is 0 Å². The van der Waals surface area contributed by atoms with Crippen molar-refractivity contribution in [3.05, 3.63) is 193 Å². The minimum Gasteiger partial charge on any atom is -0.456 e. The SMILES string of the molecule is [2H]c1c([2H])c(-c2c([2H])c([2H])c3c([2H])c([2H])c4c([2H])c([2H])c([2H])c5c([2H])c([2H])c2c3c45)c([2H])c([2H])c1-c1c([2H])c(-c2c([2H])c([2H])c3oc4c([2H])c([2H])c([2H])c([2H])c4c3c2[2H])c([2H])c(-c2c([2H])c([2H])c3c([2H])c([2H])c4c([2H])c([2H])c([2H])c5c([2H])c([2H])c2c3c45)c1[2H]. The van der Waals surface area contributed by atoms with E-state index >= 15 is 0 Å². The standard InChI is InChI=1S/C56H32O/c1-2-10-51-47(9-1)50-32-41(23-28-52(50)57-51)43-29-42(30-44(31-43)46-25-20-40-18-16-36-6-4-8-38-22-27-49(46)56(40)54(36)38)33-11-13-34(14-12-33)45-24-19-39-17-15-35-5-3-7-37-21-26-48(45)55(39)53(35)37/h1-32H/i1D,2D,3D,4D,5D,6D,7D,8D,9D,10D,11D,12D,13D,14D,15D,16D,17D,18D,19D,20D,21D,22D,23D,24D,25D,26D,27D,28D,29D,30D,31D,32D. The monoisotopic (exact) mass is 752 g/mol. The van der Waals surface area contributed by atoms with Crippen molar-refractivity contribution in [1.29, 1.82) is 0 Å². The van der Waals surface area contributed by atoms with E-state index in [4.69, 9.17) is 25.0 Å². The smallest absolute Gasteiger partial charge is 0.135 e. The summed E-state index contributed by atoms with van der Waals surface area (Å²) in [5.41, 5.74) is -8.61. The third kappa shape index (κ3) is 4.51. The van der Waals surface area contributed by atoms with E-state index < -0.39 is 308 Å². The Kier molecular flexibility index (Phi) is 2.69. The van der Waals surface area contributed by atoms with E-state index in [2.05, 4.69) is 0 Å². The topological polar surface area (TPSA) is 13.1 Å². The lowest BCUT2D eigenvalue weighted by atomic mass is 9.87. The number of fused-ring (bicyclic) bond motifs is 3. The van der Waals surface area contributed by atoms with Crippen molar-refractivity contribution in [2.45, 2.75) is 0 Å². The Hall–Kier alpha value is -7.48. The third-order valence-corrected chi connectivity index (χ3v) is 9.89. The van der Waals surface area contributed by atoms with Crippen LogP contribution in [0.1, 0.15) is 43.9 Å². The van der Waals surface area contributed by atoms with Crippen LogP contribution in [0.15, 0.2) is 198 Å². The molecule has 1 aromatic heterocycles. The maximum Gasteiger partial charge on any atom is 0.135 e. The highest BCUT2D eigenvalue weighted by molar-refractivity contribution is 6.27. The molecular weight excluding hydrogens is 689 g/mol. The minimum atomic E-state index is -1.20. The molecule has 0 aliphatic carbocycles. The largest absolute Gasteiger partial charge is 0.456 e. The first-order valence-corrected chi connectivity index (χ1v) is 17.2. The van der Waals surface area contributed by atoms with Crippen LogP contribution in [0.5, 0.6) is 0 Å². The quantitative estimate of drug-likeness (QED) is 0.163. The fourth-order valence-corrected chi connectivity index (χ4v) is 7.33. The molecule has 13 rings (SSSR count). The molecule has 57 heavy (non-hydrogen) atoms. The summed E-state index contributed by atoms with van der Waals surface area (Å²) in [4.78, 5) is 0. The lowest BCUT2D eigenvalue weighted by Gasteiger charge is -2.17. The summed E-state index contributed by atoms with van der Waals surface area (Å²) in [6.45, 7) is 0. The van der Waals surface area contributed by atoms with E-state index in [1.54, 1.807) is 0 Å². The van der Waals surface area contributed by atoms with Crippen LogP contribution in [-0.4, -0.2) is 0 Å². The Morgan fingerprint density at radius 2 is 0.719 bits per heavy atom. The van der Waals surface area contributed by atoms with Crippen LogP contribution >= 0.6 is 0 Å². The van der Waals surface area contributed by atoms with Crippen molar-refractivity contribution in [2.24, 2.45) is 0 Å². The van der Waals surface area contributed by atoms with Gasteiger partial charge in [-0.2, -0.15) is 0 Å². The Morgan fingerprint density at radius 1 is 0.263 bits per heavy atom. The molecule has 0 saturated heterocycles. The van der Waals surface area contributed by atoms with Crippen LogP contribution in [0.4, 0.5) is 0 Å². The normalized spacial score (nSPS) is 20.1. The van der Waals surface area contributed by atoms with Gasteiger partial charge < -0.3 is 4.42 Å². The van der Waals surface area contributed by atoms with Gasteiger partial charge in [0.2, 0.25) is 0 Å². The predicted molar refractivity (Wildman–Crippen MR) is 243 cm³/mol. The molecule has 12 aromatic carbocycles. The summed E-state index contributed by atoms with van der Waals surface area (Å²) >= 11 is 0. The second-order valence-electron chi connectivity index (χ2n) is 13.0. The maximum atomic E-state index is 10.2. The average molecular weight is 753 g/mol. The molecule has 1 nitrogen and oxygen atoms in total. The van der Waals surface area contributed by atoms with Gasteiger partial charge in [-0.25, -0.2) is 0 Å². The van der Waals surface area contributed by atoms with E-state index in [0.717, 1.165) is 0 Å². The first kappa shape index (κ1) is 13.3. The Labute approximate surface area is 373 Å². The zero-order valence-electron chi connectivity index (χ0n) is 60.4. The fourth-order valence-electron chi connectivity index (χ4n) is 7.33. The second-order valence-corrected chi connectivity index (χ2v) is 13.0. The molecule has 0 radical (unpaired) electrons. The number of furan rings is 1. The van der Waals surface area contributed by atoms with Crippen LogP contribution in [0.3, 0.4) is 0 Å². The van der Waals surface area contributed by atoms with Crippen molar-refractivity contribution < 1.29 is 48.3 Å². The molecule has 0 fully saturated rings. The highest BCUT2D eigenvalue weighted by Gasteiger charge is 2.17. The fraction of sp³-hybridized carbons (Fsp3) is 0. The molecule has 0 aliphatic heterocycles. The zero-order chi connectivity index (χ0) is 65.0. The molecule has 1 heteroatoms. The lowest BCUT2D eigenvalue weighted by molar-refractivity contribution is 0.669. The van der Waals surface area contributed by atoms with Gasteiger partial charge in [0.1, 0.15) is 11.2 Å². The molecule has 0 spiro atoms. The molecule has 262 valence electrons. The van der Waals surface area contributed by atoms with E-state index in [-0.39, 0.29) is 16.2 Å². The Balaban J connectivity index is 1.24. The molecule has 0 amide bonds. The van der Waals surface area contributed by atoms with Gasteiger partial charge in [0.15, 0.2) is 0 Å². The number of benzene rings is 12. The number of hydrogen-bond donors (Lipinski definition) is 0. The van der Waals surface area contributed by atoms with Gasteiger partial charge in [-0.15, -0.1) is 0 Å². The van der Waals surface area contributed by atoms with Gasteiger partial charge in [0, 0.05) is 10.8 Å². The lowest BCUT2D eigenvalue weighted by Crippen LogP contribution is -1.90. The van der Waals surface area contributed by atoms with Crippen molar-refractivity contribution in [3.63, 3.8) is 0 Å². The van der Waals surface area contributed by atoms with E-state index in [1.807, 2.05) is 0 Å². The minimum absolute atomic E-state index is 0.316. The van der Waals surface area contributed by atoms with Crippen LogP contribution in [0.2, 0.25) is 0 Å². The van der Waals surface area contributed by atoms with Crippen LogP contribution in [0.25, 0.3) is 131 Å². The number of rotatable bonds is 4. The van der Waals surface area contributed by atoms with Gasteiger partial charge in [0.25, 0.3) is 0 Å². The number of para-hydroxylation sites is 1.